The highest BCUT2D eigenvalue weighted by Gasteiger charge is 2.37. The molecule has 10 heteroatoms. The van der Waals surface area contributed by atoms with E-state index in [4.69, 9.17) is 0 Å². The Bertz CT molecular complexity index is 1610. The summed E-state index contributed by atoms with van der Waals surface area (Å²) < 4.78 is 0. The van der Waals surface area contributed by atoms with Crippen molar-refractivity contribution in [2.24, 2.45) is 0 Å². The summed E-state index contributed by atoms with van der Waals surface area (Å²) in [5.41, 5.74) is 3.75. The fourth-order valence-corrected chi connectivity index (χ4v) is 4.72. The van der Waals surface area contributed by atoms with Gasteiger partial charge in [-0.2, -0.15) is 0 Å². The lowest BCUT2D eigenvalue weighted by molar-refractivity contribution is -0.120. The summed E-state index contributed by atoms with van der Waals surface area (Å²) in [5, 5.41) is 14.5. The Morgan fingerprint density at radius 3 is 2.38 bits per heavy atom. The molecule has 0 saturated carbocycles. The lowest BCUT2D eigenvalue weighted by Gasteiger charge is -2.25. The molecule has 4 rings (SSSR count). The van der Waals surface area contributed by atoms with Crippen molar-refractivity contribution < 1.29 is 29.1 Å². The molecule has 3 aromatic rings. The summed E-state index contributed by atoms with van der Waals surface area (Å²) in [4.78, 5) is 68.1. The van der Waals surface area contributed by atoms with E-state index in [1.54, 1.807) is 38.1 Å². The Kier molecular flexibility index (Phi) is 8.85. The molecular formula is C32H32N4O6. The number of carboxylic acid groups (broad SMARTS) is 1. The smallest absolute Gasteiger partial charge is 0.335 e. The highest BCUT2D eigenvalue weighted by Crippen LogP contribution is 2.34. The molecule has 1 atom stereocenters. The molecule has 4 amide bonds. The van der Waals surface area contributed by atoms with Gasteiger partial charge in [0.1, 0.15) is 6.04 Å². The van der Waals surface area contributed by atoms with E-state index in [1.165, 1.54) is 40.1 Å². The molecule has 0 spiro atoms. The first kappa shape index (κ1) is 29.7. The summed E-state index contributed by atoms with van der Waals surface area (Å²) in [6, 6.07) is 16.0. The molecule has 3 N–H and O–H groups in total. The normalized spacial score (nSPS) is 14.4. The van der Waals surface area contributed by atoms with Gasteiger partial charge in [-0.1, -0.05) is 42.0 Å². The molecule has 0 bridgehead atoms. The maximum absolute atomic E-state index is 14.1. The van der Waals surface area contributed by atoms with Gasteiger partial charge in [0, 0.05) is 17.3 Å². The zero-order chi connectivity index (χ0) is 30.6. The predicted octanol–water partition coefficient (Wildman–Crippen LogP) is 4.72. The number of fused-ring (bicyclic) bond motifs is 1. The van der Waals surface area contributed by atoms with Gasteiger partial charge >= 0.3 is 12.0 Å². The summed E-state index contributed by atoms with van der Waals surface area (Å²) in [6.45, 7) is 6.69. The molecule has 1 heterocycles. The van der Waals surface area contributed by atoms with Crippen LogP contribution in [0.3, 0.4) is 0 Å². The summed E-state index contributed by atoms with van der Waals surface area (Å²) in [6.07, 6.45) is 1.44. The largest absolute Gasteiger partial charge is 0.478 e. The van der Waals surface area contributed by atoms with Gasteiger partial charge in [-0.3, -0.25) is 14.4 Å². The van der Waals surface area contributed by atoms with Crippen LogP contribution in [0.2, 0.25) is 0 Å². The number of nitrogens with zero attached hydrogens (tertiary/aromatic N) is 2. The van der Waals surface area contributed by atoms with Crippen molar-refractivity contribution in [2.45, 2.75) is 33.7 Å². The molecule has 1 aliphatic rings. The average Bonchev–Trinajstić information content (AvgIpc) is 3.03. The first-order valence-corrected chi connectivity index (χ1v) is 13.3. The molecule has 3 aromatic carbocycles. The molecule has 0 radical (unpaired) electrons. The molecule has 0 aromatic heterocycles. The van der Waals surface area contributed by atoms with E-state index in [9.17, 15) is 29.1 Å². The monoisotopic (exact) mass is 568 g/mol. The molecule has 216 valence electrons. The number of carbonyl (C=O) groups is 5. The van der Waals surface area contributed by atoms with Crippen LogP contribution in [0, 0.1) is 13.8 Å². The molecular weight excluding hydrogens is 536 g/mol. The van der Waals surface area contributed by atoms with Crippen molar-refractivity contribution in [2.75, 3.05) is 28.2 Å². The topological polar surface area (TPSA) is 136 Å². The van der Waals surface area contributed by atoms with Crippen LogP contribution in [0.5, 0.6) is 0 Å². The second-order valence-corrected chi connectivity index (χ2v) is 10.4. The molecule has 42 heavy (non-hydrogen) atoms. The number of aryl methyl sites for hydroxylation is 2. The van der Waals surface area contributed by atoms with Gasteiger partial charge in [0.2, 0.25) is 0 Å². The number of rotatable bonds is 7. The van der Waals surface area contributed by atoms with Gasteiger partial charge in [0.05, 0.1) is 30.0 Å². The SMILES string of the molecule is CC(C)=CC(=O)N1CC(NC(=O)Nc2cccc(C(=O)O)c2)C(=O)N(CC(=O)c2ccccc2C)c2cc(C)ccc21. The number of nitrogens with one attached hydrogen (secondary N) is 2. The summed E-state index contributed by atoms with van der Waals surface area (Å²) in [7, 11) is 0. The van der Waals surface area contributed by atoms with E-state index in [2.05, 4.69) is 10.6 Å². The van der Waals surface area contributed by atoms with Gasteiger partial charge in [-0.05, 0) is 69.2 Å². The number of hydrogen-bond donors (Lipinski definition) is 3. The highest BCUT2D eigenvalue weighted by atomic mass is 16.4. The van der Waals surface area contributed by atoms with Crippen molar-refractivity contribution in [1.29, 1.82) is 0 Å². The van der Waals surface area contributed by atoms with Crippen LogP contribution in [0.1, 0.15) is 45.7 Å². The van der Waals surface area contributed by atoms with Crippen LogP contribution in [-0.4, -0.2) is 53.8 Å². The van der Waals surface area contributed by atoms with E-state index in [-0.39, 0.29) is 36.0 Å². The fraction of sp³-hybridized carbons (Fsp3) is 0.219. The third-order valence-corrected chi connectivity index (χ3v) is 6.74. The molecule has 10 nitrogen and oxygen atoms in total. The van der Waals surface area contributed by atoms with Gasteiger partial charge in [-0.25, -0.2) is 9.59 Å². The Hall–Kier alpha value is -5.25. The van der Waals surface area contributed by atoms with E-state index in [0.717, 1.165) is 16.7 Å². The number of carbonyl (C=O) groups excluding carboxylic acids is 4. The van der Waals surface area contributed by atoms with Gasteiger partial charge < -0.3 is 25.5 Å². The summed E-state index contributed by atoms with van der Waals surface area (Å²) >= 11 is 0. The molecule has 1 unspecified atom stereocenters. The minimum absolute atomic E-state index is 0.0245. The average molecular weight is 569 g/mol. The number of urea groups is 1. The number of allylic oxidation sites excluding steroid dienone is 1. The van der Waals surface area contributed by atoms with Crippen LogP contribution in [-0.2, 0) is 9.59 Å². The molecule has 0 fully saturated rings. The van der Waals surface area contributed by atoms with Crippen LogP contribution in [0.25, 0.3) is 0 Å². The number of Topliss-reactive ketones (excluding diaryl/α,β-unsaturated/α-hetero) is 1. The van der Waals surface area contributed by atoms with E-state index in [1.807, 2.05) is 32.0 Å². The maximum atomic E-state index is 14.1. The van der Waals surface area contributed by atoms with Crippen LogP contribution < -0.4 is 20.4 Å². The first-order chi connectivity index (χ1) is 19.9. The minimum atomic E-state index is -1.24. The predicted molar refractivity (Wildman–Crippen MR) is 160 cm³/mol. The second kappa shape index (κ2) is 12.5. The molecule has 0 saturated heterocycles. The maximum Gasteiger partial charge on any atom is 0.335 e. The Balaban J connectivity index is 1.73. The van der Waals surface area contributed by atoms with Gasteiger partial charge in [0.15, 0.2) is 5.78 Å². The van der Waals surface area contributed by atoms with Crippen molar-refractivity contribution in [1.82, 2.24) is 5.32 Å². The zero-order valence-corrected chi connectivity index (χ0v) is 23.8. The van der Waals surface area contributed by atoms with E-state index < -0.39 is 23.9 Å². The zero-order valence-electron chi connectivity index (χ0n) is 23.8. The third-order valence-electron chi connectivity index (χ3n) is 6.74. The van der Waals surface area contributed by atoms with Crippen molar-refractivity contribution in [3.8, 4) is 0 Å². The number of amides is 4. The van der Waals surface area contributed by atoms with Crippen LogP contribution >= 0.6 is 0 Å². The van der Waals surface area contributed by atoms with Gasteiger partial charge in [0.25, 0.3) is 11.8 Å². The highest BCUT2D eigenvalue weighted by molar-refractivity contribution is 6.14. The molecule has 0 aliphatic carbocycles. The third kappa shape index (κ3) is 6.72. The fourth-order valence-electron chi connectivity index (χ4n) is 4.72. The second-order valence-electron chi connectivity index (χ2n) is 10.4. The minimum Gasteiger partial charge on any atom is -0.478 e. The Labute approximate surface area is 243 Å². The number of aromatic carboxylic acids is 1. The van der Waals surface area contributed by atoms with Crippen LogP contribution in [0.4, 0.5) is 21.9 Å². The number of carboxylic acids is 1. The first-order valence-electron chi connectivity index (χ1n) is 13.3. The van der Waals surface area contributed by atoms with Crippen molar-refractivity contribution in [3.05, 3.63) is 101 Å². The van der Waals surface area contributed by atoms with E-state index >= 15 is 0 Å². The quantitative estimate of drug-likeness (QED) is 0.279. The molecule has 1 aliphatic heterocycles. The number of anilines is 3. The Morgan fingerprint density at radius 2 is 1.69 bits per heavy atom. The van der Waals surface area contributed by atoms with Crippen molar-refractivity contribution in [3.63, 3.8) is 0 Å². The lowest BCUT2D eigenvalue weighted by Crippen LogP contribution is -2.54. The lowest BCUT2D eigenvalue weighted by atomic mass is 10.0. The van der Waals surface area contributed by atoms with E-state index in [0.29, 0.717) is 16.9 Å². The number of hydrogen-bond acceptors (Lipinski definition) is 5. The Morgan fingerprint density at radius 1 is 0.952 bits per heavy atom. The van der Waals surface area contributed by atoms with Crippen LogP contribution in [0.15, 0.2) is 78.4 Å². The standard InChI is InChI=1S/C32H32N4O6/c1-19(2)14-29(38)35-17-25(34-32(42)33-23-10-7-9-22(16-23)31(40)41)30(39)36(27-15-20(3)12-13-26(27)35)18-28(37)24-11-6-5-8-21(24)4/h5-16,25H,17-18H2,1-4H3,(H,40,41)(H2,33,34,42). The van der Waals surface area contributed by atoms with Crippen molar-refractivity contribution >= 4 is 46.7 Å². The summed E-state index contributed by atoms with van der Waals surface area (Å²) in [5.74, 6) is -2.42. The number of benzene rings is 3. The van der Waals surface area contributed by atoms with Gasteiger partial charge in [-0.15, -0.1) is 0 Å². The number of ketones is 1.